The molecule has 0 radical (unpaired) electrons. The van der Waals surface area contributed by atoms with Crippen molar-refractivity contribution in [2.75, 3.05) is 6.79 Å². The Morgan fingerprint density at radius 2 is 1.79 bits per heavy atom. The Morgan fingerprint density at radius 1 is 0.931 bits per heavy atom. The minimum absolute atomic E-state index is 0.159. The molecule has 0 atom stereocenters. The Bertz CT molecular complexity index is 1250. The van der Waals surface area contributed by atoms with Crippen LogP contribution < -0.4 is 14.8 Å². The van der Waals surface area contributed by atoms with Gasteiger partial charge in [-0.25, -0.2) is 0 Å². The second kappa shape index (κ2) is 5.98. The zero-order valence-corrected chi connectivity index (χ0v) is 15.7. The molecular formula is C23H18N2O4. The molecule has 3 aliphatic rings. The normalized spacial score (nSPS) is 17.8. The molecule has 6 rings (SSSR count). The average molecular weight is 386 g/mol. The number of aromatic nitrogens is 1. The Balaban J connectivity index is 1.62. The largest absolute Gasteiger partial charge is 0.454 e. The first-order chi connectivity index (χ1) is 14.2. The molecule has 29 heavy (non-hydrogen) atoms. The van der Waals surface area contributed by atoms with E-state index in [2.05, 4.69) is 16.0 Å². The molecule has 0 spiro atoms. The van der Waals surface area contributed by atoms with Gasteiger partial charge in [0.1, 0.15) is 0 Å². The molecule has 3 aromatic rings. The summed E-state index contributed by atoms with van der Waals surface area (Å²) in [5.74, 6) is 0.488. The molecule has 144 valence electrons. The van der Waals surface area contributed by atoms with E-state index in [1.54, 1.807) is 18.2 Å². The molecular weight excluding hydrogens is 368 g/mol. The standard InChI is InChI=1S/C23H18N2O4/c26-22-19(14-7-8-17-18(10-14)29-12-28-17)20(23(27)24-22)16-11-25-9-2-1-4-13-5-3-6-15(16)21(13)25/h3,5-8,10-11H,1-2,4,9,12H2,(H,24,26,27). The Hall–Kier alpha value is -3.54. The van der Waals surface area contributed by atoms with Crippen LogP contribution in [0.3, 0.4) is 0 Å². The molecule has 1 N–H and O–H groups in total. The number of carbonyl (C=O) groups is 2. The zero-order valence-electron chi connectivity index (χ0n) is 15.7. The predicted molar refractivity (Wildman–Crippen MR) is 107 cm³/mol. The molecule has 2 amide bonds. The molecule has 0 saturated carbocycles. The number of amides is 2. The molecule has 4 heterocycles. The van der Waals surface area contributed by atoms with E-state index < -0.39 is 0 Å². The molecule has 2 aromatic carbocycles. The second-order valence-corrected chi connectivity index (χ2v) is 7.61. The Morgan fingerprint density at radius 3 is 2.72 bits per heavy atom. The van der Waals surface area contributed by atoms with E-state index >= 15 is 0 Å². The van der Waals surface area contributed by atoms with Crippen LogP contribution >= 0.6 is 0 Å². The van der Waals surface area contributed by atoms with E-state index in [4.69, 9.17) is 9.47 Å². The monoisotopic (exact) mass is 386 g/mol. The molecule has 0 bridgehead atoms. The summed E-state index contributed by atoms with van der Waals surface area (Å²) in [6.45, 7) is 1.07. The minimum atomic E-state index is -0.381. The summed E-state index contributed by atoms with van der Waals surface area (Å²) in [7, 11) is 0. The van der Waals surface area contributed by atoms with Gasteiger partial charge in [-0.15, -0.1) is 0 Å². The molecule has 3 aliphatic heterocycles. The topological polar surface area (TPSA) is 69.6 Å². The first kappa shape index (κ1) is 16.4. The van der Waals surface area contributed by atoms with Crippen molar-refractivity contribution in [2.24, 2.45) is 0 Å². The maximum atomic E-state index is 12.9. The first-order valence-corrected chi connectivity index (χ1v) is 9.82. The van der Waals surface area contributed by atoms with Crippen LogP contribution in [0, 0.1) is 0 Å². The molecule has 0 aliphatic carbocycles. The number of carbonyl (C=O) groups excluding carboxylic acids is 2. The van der Waals surface area contributed by atoms with Gasteiger partial charge in [-0.05, 0) is 42.5 Å². The van der Waals surface area contributed by atoms with Crippen LogP contribution in [0.2, 0.25) is 0 Å². The fourth-order valence-corrected chi connectivity index (χ4v) is 4.65. The number of aryl methyl sites for hydroxylation is 2. The van der Waals surface area contributed by atoms with E-state index in [-0.39, 0.29) is 18.6 Å². The van der Waals surface area contributed by atoms with Crippen LogP contribution in [0.25, 0.3) is 22.0 Å². The fourth-order valence-electron chi connectivity index (χ4n) is 4.65. The first-order valence-electron chi connectivity index (χ1n) is 9.82. The van der Waals surface area contributed by atoms with Crippen molar-refractivity contribution in [3.63, 3.8) is 0 Å². The number of hydrogen-bond donors (Lipinski definition) is 1. The van der Waals surface area contributed by atoms with Gasteiger partial charge in [0.15, 0.2) is 11.5 Å². The number of imide groups is 1. The SMILES string of the molecule is O=C1NC(=O)C(c2cn3c4c(cccc24)CCCC3)=C1c1ccc2c(c1)OCO2. The number of para-hydroxylation sites is 1. The van der Waals surface area contributed by atoms with Crippen LogP contribution in [0.5, 0.6) is 11.5 Å². The summed E-state index contributed by atoms with van der Waals surface area (Å²) in [4.78, 5) is 25.6. The average Bonchev–Trinajstić information content (AvgIpc) is 3.35. The van der Waals surface area contributed by atoms with Gasteiger partial charge in [-0.1, -0.05) is 24.3 Å². The van der Waals surface area contributed by atoms with Crippen molar-refractivity contribution in [1.29, 1.82) is 0 Å². The van der Waals surface area contributed by atoms with Gasteiger partial charge in [-0.2, -0.15) is 0 Å². The van der Waals surface area contributed by atoms with Gasteiger partial charge >= 0.3 is 0 Å². The number of nitrogens with zero attached hydrogens (tertiary/aromatic N) is 1. The van der Waals surface area contributed by atoms with Gasteiger partial charge in [0.25, 0.3) is 11.8 Å². The third-order valence-corrected chi connectivity index (χ3v) is 5.94. The van der Waals surface area contributed by atoms with Crippen LogP contribution in [0.15, 0.2) is 42.6 Å². The summed E-state index contributed by atoms with van der Waals surface area (Å²) in [5.41, 5.74) is 4.73. The summed E-state index contributed by atoms with van der Waals surface area (Å²) >= 11 is 0. The molecule has 6 heteroatoms. The molecule has 0 fully saturated rings. The van der Waals surface area contributed by atoms with E-state index in [0.717, 1.165) is 36.8 Å². The highest BCUT2D eigenvalue weighted by molar-refractivity contribution is 6.50. The van der Waals surface area contributed by atoms with Crippen LogP contribution in [0.1, 0.15) is 29.5 Å². The van der Waals surface area contributed by atoms with E-state index in [9.17, 15) is 9.59 Å². The summed E-state index contributed by atoms with van der Waals surface area (Å²) in [5, 5.41) is 3.50. The highest BCUT2D eigenvalue weighted by Crippen LogP contribution is 2.40. The van der Waals surface area contributed by atoms with Gasteiger partial charge in [0.2, 0.25) is 6.79 Å². The van der Waals surface area contributed by atoms with Crippen molar-refractivity contribution in [1.82, 2.24) is 9.88 Å². The Labute approximate surface area is 166 Å². The highest BCUT2D eigenvalue weighted by Gasteiger charge is 2.35. The molecule has 1 aromatic heterocycles. The number of fused-ring (bicyclic) bond motifs is 1. The van der Waals surface area contributed by atoms with Crippen LogP contribution in [-0.4, -0.2) is 23.2 Å². The fraction of sp³-hybridized carbons (Fsp3) is 0.217. The van der Waals surface area contributed by atoms with Gasteiger partial charge < -0.3 is 14.0 Å². The van der Waals surface area contributed by atoms with Crippen molar-refractivity contribution in [3.8, 4) is 11.5 Å². The maximum absolute atomic E-state index is 12.9. The number of hydrogen-bond acceptors (Lipinski definition) is 4. The van der Waals surface area contributed by atoms with Gasteiger partial charge in [-0.3, -0.25) is 14.9 Å². The lowest BCUT2D eigenvalue weighted by atomic mass is 9.95. The van der Waals surface area contributed by atoms with E-state index in [1.807, 2.05) is 18.3 Å². The maximum Gasteiger partial charge on any atom is 0.259 e. The van der Waals surface area contributed by atoms with Crippen molar-refractivity contribution >= 4 is 33.9 Å². The minimum Gasteiger partial charge on any atom is -0.454 e. The molecule has 6 nitrogen and oxygen atoms in total. The summed E-state index contributed by atoms with van der Waals surface area (Å²) in [6.07, 6.45) is 5.30. The quantitative estimate of drug-likeness (QED) is 0.687. The van der Waals surface area contributed by atoms with E-state index in [0.29, 0.717) is 28.2 Å². The van der Waals surface area contributed by atoms with Crippen molar-refractivity contribution in [3.05, 3.63) is 59.3 Å². The zero-order chi connectivity index (χ0) is 19.5. The summed E-state index contributed by atoms with van der Waals surface area (Å²) in [6, 6.07) is 11.6. The lowest BCUT2D eigenvalue weighted by molar-refractivity contribution is -0.122. The van der Waals surface area contributed by atoms with Crippen LogP contribution in [0.4, 0.5) is 0 Å². The molecule has 0 saturated heterocycles. The third kappa shape index (κ3) is 2.35. The lowest BCUT2D eigenvalue weighted by Gasteiger charge is -2.06. The number of benzene rings is 2. The number of rotatable bonds is 2. The number of ether oxygens (including phenoxy) is 2. The van der Waals surface area contributed by atoms with Crippen molar-refractivity contribution in [2.45, 2.75) is 25.8 Å². The lowest BCUT2D eigenvalue weighted by Crippen LogP contribution is -2.22. The second-order valence-electron chi connectivity index (χ2n) is 7.61. The Kier molecular flexibility index (Phi) is 3.38. The third-order valence-electron chi connectivity index (χ3n) is 5.94. The highest BCUT2D eigenvalue weighted by atomic mass is 16.7. The van der Waals surface area contributed by atoms with Gasteiger partial charge in [0.05, 0.1) is 16.7 Å². The molecule has 0 unspecified atom stereocenters. The number of nitrogens with one attached hydrogen (secondary N) is 1. The van der Waals surface area contributed by atoms with Gasteiger partial charge in [0, 0.05) is 23.7 Å². The predicted octanol–water partition coefficient (Wildman–Crippen LogP) is 3.27. The smallest absolute Gasteiger partial charge is 0.259 e. The van der Waals surface area contributed by atoms with Crippen LogP contribution in [-0.2, 0) is 22.6 Å². The van der Waals surface area contributed by atoms with E-state index in [1.165, 1.54) is 11.1 Å². The van der Waals surface area contributed by atoms with Crippen molar-refractivity contribution < 1.29 is 19.1 Å². The summed E-state index contributed by atoms with van der Waals surface area (Å²) < 4.78 is 13.1.